The fourth-order valence-electron chi connectivity index (χ4n) is 4.43. The van der Waals surface area contributed by atoms with Crippen molar-refractivity contribution < 1.29 is 13.2 Å². The van der Waals surface area contributed by atoms with Gasteiger partial charge in [0, 0.05) is 0 Å². The van der Waals surface area contributed by atoms with Crippen molar-refractivity contribution in [3.05, 3.63) is 95.1 Å². The van der Waals surface area contributed by atoms with E-state index < -0.39 is 10.0 Å². The fraction of sp³-hybridized carbons (Fsp3) is 0.296. The molecular weight excluding hydrogens is 432 g/mol. The molecule has 0 radical (unpaired) electrons. The number of nitrogens with one attached hydrogen (secondary N) is 1. The Bertz CT molecular complexity index is 1240. The van der Waals surface area contributed by atoms with Crippen molar-refractivity contribution in [2.24, 2.45) is 0 Å². The number of carbonyl (C=O) groups excluding carboxylic acids is 1. The maximum Gasteiger partial charge on any atom is 0.264 e. The Morgan fingerprint density at radius 2 is 1.67 bits per heavy atom. The molecule has 33 heavy (non-hydrogen) atoms. The van der Waals surface area contributed by atoms with E-state index in [0.29, 0.717) is 12.1 Å². The second kappa shape index (κ2) is 9.79. The van der Waals surface area contributed by atoms with Crippen LogP contribution >= 0.6 is 0 Å². The van der Waals surface area contributed by atoms with Crippen LogP contribution in [-0.4, -0.2) is 20.9 Å². The van der Waals surface area contributed by atoms with Gasteiger partial charge >= 0.3 is 0 Å². The number of amides is 1. The molecule has 1 aliphatic carbocycles. The first-order valence-electron chi connectivity index (χ1n) is 11.5. The summed E-state index contributed by atoms with van der Waals surface area (Å²) in [5.74, 6) is -0.339. The predicted molar refractivity (Wildman–Crippen MR) is 132 cm³/mol. The third-order valence-corrected chi connectivity index (χ3v) is 8.03. The zero-order valence-corrected chi connectivity index (χ0v) is 19.9. The quantitative estimate of drug-likeness (QED) is 0.522. The normalized spacial score (nSPS) is 13.9. The number of aryl methyl sites for hydroxylation is 3. The Morgan fingerprint density at radius 3 is 2.42 bits per heavy atom. The summed E-state index contributed by atoms with van der Waals surface area (Å²) in [7, 11) is -3.92. The van der Waals surface area contributed by atoms with E-state index >= 15 is 0 Å². The molecule has 0 aliphatic heterocycles. The van der Waals surface area contributed by atoms with Crippen LogP contribution in [0.15, 0.2) is 77.7 Å². The Balaban J connectivity index is 1.60. The van der Waals surface area contributed by atoms with E-state index in [-0.39, 0.29) is 23.4 Å². The summed E-state index contributed by atoms with van der Waals surface area (Å²) in [4.78, 5) is 13.3. The molecule has 172 valence electrons. The van der Waals surface area contributed by atoms with E-state index in [9.17, 15) is 13.2 Å². The van der Waals surface area contributed by atoms with Gasteiger partial charge < -0.3 is 5.32 Å². The third kappa shape index (κ3) is 4.96. The van der Waals surface area contributed by atoms with Crippen LogP contribution in [0.1, 0.15) is 48.6 Å². The van der Waals surface area contributed by atoms with Crippen molar-refractivity contribution >= 4 is 21.6 Å². The average molecular weight is 463 g/mol. The number of sulfonamides is 1. The number of fused-ring (bicyclic) bond motifs is 1. The minimum Gasteiger partial charge on any atom is -0.348 e. The van der Waals surface area contributed by atoms with Crippen molar-refractivity contribution in [3.63, 3.8) is 0 Å². The molecule has 3 aromatic rings. The molecule has 0 spiro atoms. The topological polar surface area (TPSA) is 66.5 Å². The van der Waals surface area contributed by atoms with Gasteiger partial charge in [-0.25, -0.2) is 8.42 Å². The lowest BCUT2D eigenvalue weighted by Gasteiger charge is -2.27. The van der Waals surface area contributed by atoms with Crippen LogP contribution in [0.4, 0.5) is 5.69 Å². The average Bonchev–Trinajstić information content (AvgIpc) is 3.31. The van der Waals surface area contributed by atoms with E-state index in [1.165, 1.54) is 21.9 Å². The lowest BCUT2D eigenvalue weighted by Crippen LogP contribution is -2.42. The van der Waals surface area contributed by atoms with Crippen molar-refractivity contribution in [1.82, 2.24) is 5.32 Å². The first-order valence-corrected chi connectivity index (χ1v) is 12.9. The molecule has 1 N–H and O–H groups in total. The highest BCUT2D eigenvalue weighted by Crippen LogP contribution is 2.28. The van der Waals surface area contributed by atoms with Gasteiger partial charge in [0.25, 0.3) is 10.0 Å². The molecule has 4 rings (SSSR count). The molecule has 1 amide bonds. The molecule has 0 saturated heterocycles. The van der Waals surface area contributed by atoms with Crippen molar-refractivity contribution in [2.45, 2.75) is 50.5 Å². The van der Waals surface area contributed by atoms with Crippen molar-refractivity contribution in [3.8, 4) is 0 Å². The maximum atomic E-state index is 13.6. The van der Waals surface area contributed by atoms with Gasteiger partial charge in [-0.1, -0.05) is 61.5 Å². The standard InChI is InChI=1S/C27H30N2O3S/c1-3-21-10-7-8-15-26(21)29(33(31,32)25-13-5-4-6-14-25)19-27(30)28-20(2)23-17-16-22-11-9-12-24(22)18-23/h4-8,10,13-18,20H,3,9,11-12,19H2,1-2H3,(H,28,30). The van der Waals surface area contributed by atoms with Crippen LogP contribution in [-0.2, 0) is 34.1 Å². The molecular formula is C27H30N2O3S. The largest absolute Gasteiger partial charge is 0.348 e. The van der Waals surface area contributed by atoms with Gasteiger partial charge in [0.05, 0.1) is 16.6 Å². The molecule has 6 heteroatoms. The minimum absolute atomic E-state index is 0.162. The Hall–Kier alpha value is -3.12. The molecule has 0 fully saturated rings. The third-order valence-electron chi connectivity index (χ3n) is 6.26. The number of hydrogen-bond acceptors (Lipinski definition) is 3. The van der Waals surface area contributed by atoms with Crippen LogP contribution in [0.5, 0.6) is 0 Å². The number of hydrogen-bond donors (Lipinski definition) is 1. The van der Waals surface area contributed by atoms with E-state index in [1.807, 2.05) is 26.0 Å². The lowest BCUT2D eigenvalue weighted by atomic mass is 10.0. The van der Waals surface area contributed by atoms with Gasteiger partial charge in [0.1, 0.15) is 6.54 Å². The minimum atomic E-state index is -3.92. The summed E-state index contributed by atoms with van der Waals surface area (Å²) < 4.78 is 28.4. The van der Waals surface area contributed by atoms with Gasteiger partial charge in [0.15, 0.2) is 0 Å². The number of rotatable bonds is 8. The summed E-state index contributed by atoms with van der Waals surface area (Å²) in [6.07, 6.45) is 4.01. The maximum absolute atomic E-state index is 13.6. The number of benzene rings is 3. The first-order chi connectivity index (χ1) is 15.9. The molecule has 3 aromatic carbocycles. The summed E-state index contributed by atoms with van der Waals surface area (Å²) >= 11 is 0. The highest BCUT2D eigenvalue weighted by atomic mass is 32.2. The number of carbonyl (C=O) groups is 1. The zero-order chi connectivity index (χ0) is 23.4. The van der Waals surface area contributed by atoms with Crippen LogP contribution in [0.3, 0.4) is 0 Å². The Labute approximate surface area is 196 Å². The van der Waals surface area contributed by atoms with Crippen LogP contribution in [0.25, 0.3) is 0 Å². The van der Waals surface area contributed by atoms with Crippen LogP contribution in [0.2, 0.25) is 0 Å². The number of para-hydroxylation sites is 1. The molecule has 0 saturated carbocycles. The number of anilines is 1. The summed E-state index contributed by atoms with van der Waals surface area (Å²) in [6.45, 7) is 3.62. The van der Waals surface area contributed by atoms with E-state index in [2.05, 4.69) is 23.5 Å². The van der Waals surface area contributed by atoms with Gasteiger partial charge in [-0.15, -0.1) is 0 Å². The Kier molecular flexibility index (Phi) is 6.84. The Morgan fingerprint density at radius 1 is 0.970 bits per heavy atom. The first kappa shape index (κ1) is 23.1. The molecule has 5 nitrogen and oxygen atoms in total. The molecule has 1 unspecified atom stereocenters. The molecule has 0 bridgehead atoms. The zero-order valence-electron chi connectivity index (χ0n) is 19.1. The highest BCUT2D eigenvalue weighted by Gasteiger charge is 2.29. The van der Waals surface area contributed by atoms with Crippen molar-refractivity contribution in [1.29, 1.82) is 0 Å². The molecule has 1 aliphatic rings. The molecule has 1 atom stereocenters. The van der Waals surface area contributed by atoms with E-state index in [0.717, 1.165) is 24.0 Å². The van der Waals surface area contributed by atoms with Crippen molar-refractivity contribution in [2.75, 3.05) is 10.8 Å². The number of nitrogens with zero attached hydrogens (tertiary/aromatic N) is 1. The van der Waals surface area contributed by atoms with E-state index in [4.69, 9.17) is 0 Å². The summed E-state index contributed by atoms with van der Waals surface area (Å²) in [5.41, 5.74) is 5.17. The molecule has 0 heterocycles. The second-order valence-corrected chi connectivity index (χ2v) is 10.3. The summed E-state index contributed by atoms with van der Waals surface area (Å²) in [6, 6.07) is 21.7. The lowest BCUT2D eigenvalue weighted by molar-refractivity contribution is -0.120. The smallest absolute Gasteiger partial charge is 0.264 e. The predicted octanol–water partition coefficient (Wildman–Crippen LogP) is 4.81. The van der Waals surface area contributed by atoms with Crippen LogP contribution < -0.4 is 9.62 Å². The van der Waals surface area contributed by atoms with Gasteiger partial charge in [0.2, 0.25) is 5.91 Å². The SMILES string of the molecule is CCc1ccccc1N(CC(=O)NC(C)c1ccc2c(c1)CCC2)S(=O)(=O)c1ccccc1. The van der Waals surface area contributed by atoms with Gasteiger partial charge in [-0.2, -0.15) is 0 Å². The van der Waals surface area contributed by atoms with Crippen LogP contribution in [0, 0.1) is 0 Å². The highest BCUT2D eigenvalue weighted by molar-refractivity contribution is 7.92. The monoisotopic (exact) mass is 462 g/mol. The second-order valence-electron chi connectivity index (χ2n) is 8.48. The van der Waals surface area contributed by atoms with Gasteiger partial charge in [-0.05, 0) is 73.1 Å². The fourth-order valence-corrected chi connectivity index (χ4v) is 5.91. The van der Waals surface area contributed by atoms with Gasteiger partial charge in [-0.3, -0.25) is 9.10 Å². The van der Waals surface area contributed by atoms with E-state index in [1.54, 1.807) is 42.5 Å². The molecule has 0 aromatic heterocycles. The summed E-state index contributed by atoms with van der Waals surface area (Å²) in [5, 5.41) is 3.00.